The van der Waals surface area contributed by atoms with Crippen molar-refractivity contribution in [3.05, 3.63) is 130 Å². The van der Waals surface area contributed by atoms with Gasteiger partial charge in [-0.3, -0.25) is 13.9 Å². The summed E-state index contributed by atoms with van der Waals surface area (Å²) in [5.74, 6) is -1.62. The van der Waals surface area contributed by atoms with Crippen LogP contribution >= 0.6 is 23.2 Å². The fraction of sp³-hybridized carbons (Fsp3) is 0.297. The first-order valence-electron chi connectivity index (χ1n) is 15.9. The van der Waals surface area contributed by atoms with E-state index in [9.17, 15) is 18.0 Å². The maximum absolute atomic E-state index is 15.2. The molecule has 7 nitrogen and oxygen atoms in total. The number of amides is 2. The molecule has 0 bridgehead atoms. The largest absolute Gasteiger partial charge is 0.352 e. The van der Waals surface area contributed by atoms with Crippen molar-refractivity contribution in [1.29, 1.82) is 0 Å². The molecule has 1 fully saturated rings. The van der Waals surface area contributed by atoms with Gasteiger partial charge in [0.05, 0.1) is 20.6 Å². The standard InChI is InChI=1S/C37H38Cl2FN3O4S/c1-26-16-19-31(20-17-26)48(46,47)43(30-18-21-32(38)33(39)23-30)25-36(44)42(24-28-12-8-9-15-34(28)40)35(22-27-10-4-2-5-11-27)37(45)41-29-13-6-3-7-14-29/h2,4-5,8-12,15-21,23,29,35H,3,6-7,13-14,22,24-25H2,1H3,(H,41,45)/t35-/m0/s1. The average Bonchev–Trinajstić information content (AvgIpc) is 3.08. The zero-order valence-electron chi connectivity index (χ0n) is 26.6. The average molecular weight is 711 g/mol. The molecule has 1 saturated carbocycles. The Labute approximate surface area is 291 Å². The molecule has 11 heteroatoms. The molecule has 1 aliphatic carbocycles. The topological polar surface area (TPSA) is 86.8 Å². The second-order valence-electron chi connectivity index (χ2n) is 12.1. The van der Waals surface area contributed by atoms with E-state index < -0.39 is 34.3 Å². The Kier molecular flexibility index (Phi) is 11.8. The summed E-state index contributed by atoms with van der Waals surface area (Å²) in [6, 6.07) is 24.7. The highest BCUT2D eigenvalue weighted by Gasteiger charge is 2.36. The first kappa shape index (κ1) is 35.4. The Morgan fingerprint density at radius 1 is 0.875 bits per heavy atom. The summed E-state index contributed by atoms with van der Waals surface area (Å²) in [6.45, 7) is 0.883. The van der Waals surface area contributed by atoms with Crippen LogP contribution in [0.2, 0.25) is 10.0 Å². The number of nitrogens with zero attached hydrogens (tertiary/aromatic N) is 2. The van der Waals surface area contributed by atoms with Gasteiger partial charge in [0.1, 0.15) is 18.4 Å². The monoisotopic (exact) mass is 709 g/mol. The quantitative estimate of drug-likeness (QED) is 0.163. The Hall–Kier alpha value is -3.92. The first-order valence-corrected chi connectivity index (χ1v) is 18.1. The number of benzene rings is 4. The Morgan fingerprint density at radius 2 is 1.54 bits per heavy atom. The van der Waals surface area contributed by atoms with Crippen LogP contribution in [0.5, 0.6) is 0 Å². The van der Waals surface area contributed by atoms with Gasteiger partial charge in [-0.1, -0.05) is 109 Å². The molecule has 1 aliphatic rings. The second-order valence-corrected chi connectivity index (χ2v) is 14.8. The highest BCUT2D eigenvalue weighted by Crippen LogP contribution is 2.31. The molecule has 252 valence electrons. The van der Waals surface area contributed by atoms with Crippen LogP contribution in [0.1, 0.15) is 48.8 Å². The summed E-state index contributed by atoms with van der Waals surface area (Å²) in [5.41, 5.74) is 1.95. The molecule has 0 heterocycles. The number of hydrogen-bond acceptors (Lipinski definition) is 4. The summed E-state index contributed by atoms with van der Waals surface area (Å²) in [5, 5.41) is 3.46. The summed E-state index contributed by atoms with van der Waals surface area (Å²) in [6.07, 6.45) is 4.86. The summed E-state index contributed by atoms with van der Waals surface area (Å²) in [7, 11) is -4.33. The van der Waals surface area contributed by atoms with Crippen molar-refractivity contribution in [3.63, 3.8) is 0 Å². The van der Waals surface area contributed by atoms with Crippen molar-refractivity contribution in [2.75, 3.05) is 10.8 Å². The minimum atomic E-state index is -4.33. The van der Waals surface area contributed by atoms with Crippen molar-refractivity contribution in [2.45, 2.75) is 69.0 Å². The van der Waals surface area contributed by atoms with Crippen molar-refractivity contribution in [1.82, 2.24) is 10.2 Å². The van der Waals surface area contributed by atoms with Gasteiger partial charge in [0.15, 0.2) is 0 Å². The molecule has 0 spiro atoms. The zero-order chi connectivity index (χ0) is 34.3. The minimum Gasteiger partial charge on any atom is -0.352 e. The van der Waals surface area contributed by atoms with Gasteiger partial charge < -0.3 is 10.2 Å². The molecule has 2 amide bonds. The Bertz CT molecular complexity index is 1840. The molecule has 0 saturated heterocycles. The lowest BCUT2D eigenvalue weighted by Gasteiger charge is -2.35. The van der Waals surface area contributed by atoms with Gasteiger partial charge in [-0.2, -0.15) is 0 Å². The molecule has 0 radical (unpaired) electrons. The number of carbonyl (C=O) groups is 2. The smallest absolute Gasteiger partial charge is 0.264 e. The third kappa shape index (κ3) is 8.75. The summed E-state index contributed by atoms with van der Waals surface area (Å²) >= 11 is 12.5. The molecule has 1 atom stereocenters. The number of aryl methyl sites for hydroxylation is 1. The molecular weight excluding hydrogens is 672 g/mol. The van der Waals surface area contributed by atoms with E-state index in [4.69, 9.17) is 23.2 Å². The zero-order valence-corrected chi connectivity index (χ0v) is 28.9. The summed E-state index contributed by atoms with van der Waals surface area (Å²) < 4.78 is 44.5. The SMILES string of the molecule is Cc1ccc(S(=O)(=O)N(CC(=O)N(Cc2ccccc2F)[C@@H](Cc2ccccc2)C(=O)NC2CCCCC2)c2ccc(Cl)c(Cl)c2)cc1. The molecule has 5 rings (SSSR count). The van der Waals surface area contributed by atoms with Crippen LogP contribution < -0.4 is 9.62 Å². The van der Waals surface area contributed by atoms with E-state index in [2.05, 4.69) is 5.32 Å². The van der Waals surface area contributed by atoms with E-state index in [0.717, 1.165) is 47.5 Å². The molecule has 0 aliphatic heterocycles. The normalized spacial score (nSPS) is 14.2. The molecular formula is C37H38Cl2FN3O4S. The van der Waals surface area contributed by atoms with Crippen molar-refractivity contribution in [3.8, 4) is 0 Å². The van der Waals surface area contributed by atoms with Gasteiger partial charge in [-0.05, 0) is 61.7 Å². The van der Waals surface area contributed by atoms with Crippen LogP contribution in [-0.2, 0) is 32.6 Å². The van der Waals surface area contributed by atoms with E-state index in [1.54, 1.807) is 30.3 Å². The predicted molar refractivity (Wildman–Crippen MR) is 188 cm³/mol. The van der Waals surface area contributed by atoms with Crippen molar-refractivity contribution in [2.24, 2.45) is 0 Å². The molecule has 48 heavy (non-hydrogen) atoms. The van der Waals surface area contributed by atoms with Gasteiger partial charge in [0.25, 0.3) is 10.0 Å². The lowest BCUT2D eigenvalue weighted by molar-refractivity contribution is -0.140. The van der Waals surface area contributed by atoms with Crippen LogP contribution in [0.25, 0.3) is 0 Å². The van der Waals surface area contributed by atoms with Gasteiger partial charge in [-0.25, -0.2) is 12.8 Å². The van der Waals surface area contributed by atoms with Crippen molar-refractivity contribution < 1.29 is 22.4 Å². The first-order chi connectivity index (χ1) is 23.0. The number of halogens is 3. The molecule has 1 N–H and O–H groups in total. The predicted octanol–water partition coefficient (Wildman–Crippen LogP) is 7.73. The third-order valence-corrected chi connectivity index (χ3v) is 11.1. The Balaban J connectivity index is 1.58. The van der Waals surface area contributed by atoms with E-state index in [1.807, 2.05) is 37.3 Å². The highest BCUT2D eigenvalue weighted by molar-refractivity contribution is 7.92. The maximum atomic E-state index is 15.2. The fourth-order valence-electron chi connectivity index (χ4n) is 5.91. The molecule has 4 aromatic carbocycles. The second kappa shape index (κ2) is 16.0. The fourth-order valence-corrected chi connectivity index (χ4v) is 7.61. The van der Waals surface area contributed by atoms with E-state index in [1.165, 1.54) is 41.3 Å². The van der Waals surface area contributed by atoms with Gasteiger partial charge in [0.2, 0.25) is 11.8 Å². The van der Waals surface area contributed by atoms with Crippen LogP contribution in [0.4, 0.5) is 10.1 Å². The maximum Gasteiger partial charge on any atom is 0.264 e. The third-order valence-electron chi connectivity index (χ3n) is 8.60. The van der Waals surface area contributed by atoms with Crippen molar-refractivity contribution >= 4 is 50.7 Å². The van der Waals surface area contributed by atoms with Crippen LogP contribution in [0, 0.1) is 12.7 Å². The minimum absolute atomic E-state index is 0.0384. The van der Waals surface area contributed by atoms with E-state index in [-0.39, 0.29) is 51.1 Å². The number of sulfonamides is 1. The lowest BCUT2D eigenvalue weighted by atomic mass is 9.94. The summed E-state index contributed by atoms with van der Waals surface area (Å²) in [4.78, 5) is 30.0. The van der Waals surface area contributed by atoms with Gasteiger partial charge in [-0.15, -0.1) is 0 Å². The van der Waals surface area contributed by atoms with Crippen LogP contribution in [-0.4, -0.2) is 43.8 Å². The molecule has 0 aromatic heterocycles. The number of anilines is 1. The van der Waals surface area contributed by atoms with Gasteiger partial charge in [0, 0.05) is 24.6 Å². The number of hydrogen-bond donors (Lipinski definition) is 1. The Morgan fingerprint density at radius 3 is 2.21 bits per heavy atom. The van der Waals surface area contributed by atoms with Crippen LogP contribution in [0.15, 0.2) is 102 Å². The van der Waals surface area contributed by atoms with E-state index in [0.29, 0.717) is 0 Å². The number of carbonyl (C=O) groups excluding carboxylic acids is 2. The molecule has 4 aromatic rings. The number of rotatable bonds is 12. The lowest BCUT2D eigenvalue weighted by Crippen LogP contribution is -2.55. The van der Waals surface area contributed by atoms with Gasteiger partial charge >= 0.3 is 0 Å². The molecule has 0 unspecified atom stereocenters. The number of nitrogens with one attached hydrogen (secondary N) is 1. The van der Waals surface area contributed by atoms with Crippen LogP contribution in [0.3, 0.4) is 0 Å². The van der Waals surface area contributed by atoms with E-state index >= 15 is 4.39 Å². The highest BCUT2D eigenvalue weighted by atomic mass is 35.5.